The minimum Gasteiger partial charge on any atom is -0.497 e. The van der Waals surface area contributed by atoms with Crippen molar-refractivity contribution in [2.24, 2.45) is 11.8 Å². The molecule has 31 heavy (non-hydrogen) atoms. The van der Waals surface area contributed by atoms with Gasteiger partial charge in [-0.15, -0.1) is 6.58 Å². The molecule has 1 N–H and O–H groups in total. The first-order chi connectivity index (χ1) is 15.1. The highest BCUT2D eigenvalue weighted by molar-refractivity contribution is 6.30. The van der Waals surface area contributed by atoms with Gasteiger partial charge in [-0.3, -0.25) is 4.90 Å². The lowest BCUT2D eigenvalue weighted by molar-refractivity contribution is -0.0444. The van der Waals surface area contributed by atoms with Gasteiger partial charge in [0.05, 0.1) is 24.4 Å². The molecule has 1 aromatic heterocycles. The first kappa shape index (κ1) is 20.5. The van der Waals surface area contributed by atoms with Gasteiger partial charge in [-0.2, -0.15) is 0 Å². The number of piperidine rings is 3. The molecule has 3 aliphatic rings. The maximum atomic E-state index is 11.6. The van der Waals surface area contributed by atoms with Crippen LogP contribution in [-0.4, -0.2) is 41.2 Å². The topological polar surface area (TPSA) is 45.6 Å². The molecular weight excluding hydrogens is 408 g/mol. The van der Waals surface area contributed by atoms with Crippen molar-refractivity contribution in [1.82, 2.24) is 9.88 Å². The molecule has 3 saturated heterocycles. The molecular formula is C26H27ClN2O2. The Kier molecular flexibility index (Phi) is 5.47. The zero-order valence-electron chi connectivity index (χ0n) is 17.7. The summed E-state index contributed by atoms with van der Waals surface area (Å²) in [5.41, 5.74) is 3.57. The number of hydrogen-bond acceptors (Lipinski definition) is 4. The molecule has 2 bridgehead atoms. The van der Waals surface area contributed by atoms with Crippen LogP contribution in [0.2, 0.25) is 5.02 Å². The number of halogens is 1. The second-order valence-electron chi connectivity index (χ2n) is 8.68. The second kappa shape index (κ2) is 8.27. The lowest BCUT2D eigenvalue weighted by atomic mass is 9.73. The van der Waals surface area contributed by atoms with Crippen LogP contribution in [0.4, 0.5) is 0 Å². The highest BCUT2D eigenvalue weighted by Crippen LogP contribution is 2.43. The maximum absolute atomic E-state index is 11.6. The predicted molar refractivity (Wildman–Crippen MR) is 125 cm³/mol. The third-order valence-corrected chi connectivity index (χ3v) is 7.28. The number of pyridine rings is 1. The van der Waals surface area contributed by atoms with Crippen molar-refractivity contribution in [3.63, 3.8) is 0 Å². The number of aliphatic hydroxyl groups excluding tert-OH is 1. The Balaban J connectivity index is 1.60. The quantitative estimate of drug-likeness (QED) is 0.539. The fourth-order valence-corrected chi connectivity index (χ4v) is 5.41. The molecule has 3 fully saturated rings. The molecule has 4 nitrogen and oxygen atoms in total. The van der Waals surface area contributed by atoms with Gasteiger partial charge in [-0.1, -0.05) is 29.8 Å². The molecule has 5 heteroatoms. The van der Waals surface area contributed by atoms with Crippen LogP contribution in [0, 0.1) is 11.8 Å². The monoisotopic (exact) mass is 434 g/mol. The Labute approximate surface area is 188 Å². The van der Waals surface area contributed by atoms with Crippen LogP contribution in [0.15, 0.2) is 61.2 Å². The number of ether oxygens (including phenoxy) is 1. The van der Waals surface area contributed by atoms with Gasteiger partial charge in [0.15, 0.2) is 0 Å². The number of hydrogen-bond donors (Lipinski definition) is 1. The summed E-state index contributed by atoms with van der Waals surface area (Å²) in [5.74, 6) is 1.89. The number of methoxy groups -OCH3 is 1. The van der Waals surface area contributed by atoms with Crippen molar-refractivity contribution >= 4 is 22.5 Å². The Morgan fingerprint density at radius 3 is 2.71 bits per heavy atom. The van der Waals surface area contributed by atoms with Crippen molar-refractivity contribution in [2.45, 2.75) is 25.0 Å². The predicted octanol–water partition coefficient (Wildman–Crippen LogP) is 5.49. The van der Waals surface area contributed by atoms with Crippen LogP contribution in [-0.2, 0) is 0 Å². The standard InChI is InChI=1S/C26H27ClN2O2/c1-3-16-15-29-11-10-18(16)12-25(29)26(30)22-14-24(17-4-6-19(27)7-5-17)28-23-9-8-20(31-2)13-21(22)23/h3-9,13-14,16,18,25-26,30H,1,10-12,15H2,2H3/t16-,18+,25+,26-/m1/s1. The van der Waals surface area contributed by atoms with E-state index in [1.54, 1.807) is 7.11 Å². The summed E-state index contributed by atoms with van der Waals surface area (Å²) in [6.45, 7) is 6.04. The van der Waals surface area contributed by atoms with Crippen molar-refractivity contribution in [3.05, 3.63) is 71.8 Å². The van der Waals surface area contributed by atoms with Gasteiger partial charge in [0.25, 0.3) is 0 Å². The maximum Gasteiger partial charge on any atom is 0.119 e. The molecule has 3 aromatic rings. The lowest BCUT2D eigenvalue weighted by Gasteiger charge is -2.50. The van der Waals surface area contributed by atoms with E-state index in [-0.39, 0.29) is 6.04 Å². The van der Waals surface area contributed by atoms with E-state index in [4.69, 9.17) is 21.3 Å². The van der Waals surface area contributed by atoms with Crippen LogP contribution in [0.3, 0.4) is 0 Å². The van der Waals surface area contributed by atoms with Crippen LogP contribution < -0.4 is 4.74 Å². The lowest BCUT2D eigenvalue weighted by Crippen LogP contribution is -2.54. The number of fused-ring (bicyclic) bond motifs is 4. The fraction of sp³-hybridized carbons (Fsp3) is 0.346. The van der Waals surface area contributed by atoms with E-state index in [1.165, 1.54) is 6.42 Å². The Morgan fingerprint density at radius 1 is 1.23 bits per heavy atom. The van der Waals surface area contributed by atoms with E-state index in [1.807, 2.05) is 48.5 Å². The molecule has 3 aliphatic heterocycles. The summed E-state index contributed by atoms with van der Waals surface area (Å²) in [6.07, 6.45) is 3.66. The SMILES string of the molecule is C=C[C@@H]1CN2CC[C@H]1C[C@H]2[C@H](O)c1cc(-c2ccc(Cl)cc2)nc2ccc(OC)cc12. The third-order valence-electron chi connectivity index (χ3n) is 7.02. The summed E-state index contributed by atoms with van der Waals surface area (Å²) < 4.78 is 5.46. The number of aliphatic hydroxyl groups is 1. The van der Waals surface area contributed by atoms with Crippen LogP contribution >= 0.6 is 11.6 Å². The molecule has 2 aromatic carbocycles. The zero-order valence-corrected chi connectivity index (χ0v) is 18.4. The minimum absolute atomic E-state index is 0.102. The Hall–Kier alpha value is -2.40. The average Bonchev–Trinajstić information content (AvgIpc) is 2.83. The van der Waals surface area contributed by atoms with Crippen LogP contribution in [0.5, 0.6) is 5.75 Å². The molecule has 0 amide bonds. The zero-order chi connectivity index (χ0) is 21.5. The van der Waals surface area contributed by atoms with Gasteiger partial charge in [-0.25, -0.2) is 4.98 Å². The van der Waals surface area contributed by atoms with E-state index in [0.29, 0.717) is 16.9 Å². The molecule has 6 rings (SSSR count). The molecule has 0 aliphatic carbocycles. The second-order valence-corrected chi connectivity index (χ2v) is 9.11. The number of benzene rings is 2. The summed E-state index contributed by atoms with van der Waals surface area (Å²) in [7, 11) is 1.66. The summed E-state index contributed by atoms with van der Waals surface area (Å²) in [4.78, 5) is 7.31. The molecule has 5 atom stereocenters. The minimum atomic E-state index is -0.600. The van der Waals surface area contributed by atoms with E-state index in [0.717, 1.165) is 53.0 Å². The largest absolute Gasteiger partial charge is 0.497 e. The number of rotatable bonds is 5. The van der Waals surface area contributed by atoms with Crippen molar-refractivity contribution in [2.75, 3.05) is 20.2 Å². The van der Waals surface area contributed by atoms with E-state index >= 15 is 0 Å². The normalized spacial score (nSPS) is 26.0. The molecule has 0 radical (unpaired) electrons. The first-order valence-corrected chi connectivity index (χ1v) is 11.2. The number of nitrogens with zero attached hydrogens (tertiary/aromatic N) is 2. The molecule has 4 heterocycles. The van der Waals surface area contributed by atoms with Gasteiger partial charge in [-0.05, 0) is 73.2 Å². The Bertz CT molecular complexity index is 1110. The average molecular weight is 435 g/mol. The van der Waals surface area contributed by atoms with Gasteiger partial charge in [0.2, 0.25) is 0 Å². The van der Waals surface area contributed by atoms with E-state index in [2.05, 4.69) is 17.6 Å². The highest BCUT2D eigenvalue weighted by Gasteiger charge is 2.42. The molecule has 1 unspecified atom stereocenters. The molecule has 0 saturated carbocycles. The first-order valence-electron chi connectivity index (χ1n) is 10.9. The van der Waals surface area contributed by atoms with Crippen molar-refractivity contribution < 1.29 is 9.84 Å². The van der Waals surface area contributed by atoms with Crippen molar-refractivity contribution in [1.29, 1.82) is 0 Å². The third kappa shape index (κ3) is 3.73. The molecule has 0 spiro atoms. The van der Waals surface area contributed by atoms with Crippen LogP contribution in [0.25, 0.3) is 22.2 Å². The Morgan fingerprint density at radius 2 is 2.03 bits per heavy atom. The van der Waals surface area contributed by atoms with E-state index in [9.17, 15) is 5.11 Å². The summed E-state index contributed by atoms with van der Waals surface area (Å²) in [6, 6.07) is 15.7. The summed E-state index contributed by atoms with van der Waals surface area (Å²) in [5, 5.41) is 13.3. The highest BCUT2D eigenvalue weighted by atomic mass is 35.5. The fourth-order valence-electron chi connectivity index (χ4n) is 5.28. The summed E-state index contributed by atoms with van der Waals surface area (Å²) >= 11 is 6.08. The smallest absolute Gasteiger partial charge is 0.119 e. The molecule has 160 valence electrons. The van der Waals surface area contributed by atoms with Crippen molar-refractivity contribution in [3.8, 4) is 17.0 Å². The van der Waals surface area contributed by atoms with Crippen LogP contribution in [0.1, 0.15) is 24.5 Å². The van der Waals surface area contributed by atoms with Gasteiger partial charge in [0, 0.05) is 28.6 Å². The van der Waals surface area contributed by atoms with Gasteiger partial charge < -0.3 is 9.84 Å². The van der Waals surface area contributed by atoms with Gasteiger partial charge in [0.1, 0.15) is 5.75 Å². The van der Waals surface area contributed by atoms with E-state index < -0.39 is 6.10 Å². The number of aromatic nitrogens is 1. The van der Waals surface area contributed by atoms with Gasteiger partial charge >= 0.3 is 0 Å².